The lowest BCUT2D eigenvalue weighted by Gasteiger charge is -2.31. The number of allylic oxidation sites excluding steroid dienone is 16. The van der Waals surface area contributed by atoms with Gasteiger partial charge in [0.1, 0.15) is 0 Å². The third kappa shape index (κ3) is 64.1. The number of hydrogen-bond acceptors (Lipinski definition) is 7. The summed E-state index contributed by atoms with van der Waals surface area (Å²) in [5.41, 5.74) is 0. The summed E-state index contributed by atoms with van der Waals surface area (Å²) in [4.78, 5) is 6.95. The van der Waals surface area contributed by atoms with Crippen LogP contribution in [0.4, 0.5) is 0 Å². The van der Waals surface area contributed by atoms with Crippen LogP contribution >= 0.6 is 0 Å². The highest BCUT2D eigenvalue weighted by Gasteiger charge is 2.19. The van der Waals surface area contributed by atoms with Crippen molar-refractivity contribution >= 4 is 0 Å². The van der Waals surface area contributed by atoms with Crippen LogP contribution in [0.2, 0.25) is 0 Å². The van der Waals surface area contributed by atoms with Crippen LogP contribution in [0.15, 0.2) is 97.2 Å². The Morgan fingerprint density at radius 3 is 0.631 bits per heavy atom. The maximum Gasteiger partial charge on any atom is 0.0667 e. The predicted molar refractivity (Wildman–Crippen MR) is 373 cm³/mol. The van der Waals surface area contributed by atoms with Gasteiger partial charge in [-0.3, -0.25) is 9.80 Å². The highest BCUT2D eigenvalue weighted by molar-refractivity contribution is 4.95. The normalized spacial score (nSPS) is 14.3. The first-order chi connectivity index (χ1) is 41.2. The summed E-state index contributed by atoms with van der Waals surface area (Å²) in [6, 6.07) is 0. The van der Waals surface area contributed by atoms with Crippen LogP contribution in [0.5, 0.6) is 0 Å². The van der Waals surface area contributed by atoms with E-state index in [0.717, 1.165) is 155 Å². The summed E-state index contributed by atoms with van der Waals surface area (Å²) in [6.45, 7) is 14.5. The lowest BCUT2D eigenvalue weighted by Crippen LogP contribution is -2.44. The van der Waals surface area contributed by atoms with Crippen molar-refractivity contribution in [1.29, 1.82) is 0 Å². The van der Waals surface area contributed by atoms with Crippen LogP contribution in [-0.2, 0) is 0 Å². The second-order valence-corrected chi connectivity index (χ2v) is 25.1. The highest BCUT2D eigenvalue weighted by Crippen LogP contribution is 2.15. The van der Waals surface area contributed by atoms with Gasteiger partial charge in [0.05, 0.1) is 24.4 Å². The molecule has 0 radical (unpaired) electrons. The number of likely N-dealkylation sites (N-methyl/N-ethyl adjacent to an activating group) is 1. The minimum Gasteiger partial charge on any atom is -0.392 e. The molecule has 0 amide bonds. The first-order valence-electron chi connectivity index (χ1n) is 36.3. The van der Waals surface area contributed by atoms with Gasteiger partial charge in [0.25, 0.3) is 0 Å². The van der Waals surface area contributed by atoms with Gasteiger partial charge in [-0.2, -0.15) is 0 Å². The lowest BCUT2D eigenvalue weighted by molar-refractivity contribution is 0.0494. The monoisotopic (exact) mass is 1170 g/mol. The van der Waals surface area contributed by atoms with Crippen LogP contribution < -0.4 is 0 Å². The Morgan fingerprint density at radius 1 is 0.238 bits per heavy atom. The van der Waals surface area contributed by atoms with E-state index in [4.69, 9.17) is 0 Å². The molecule has 0 saturated heterocycles. The molecule has 4 N–H and O–H groups in total. The fourth-order valence-corrected chi connectivity index (χ4v) is 10.9. The van der Waals surface area contributed by atoms with Crippen molar-refractivity contribution in [1.82, 2.24) is 14.7 Å². The Balaban J connectivity index is 5.43. The summed E-state index contributed by atoms with van der Waals surface area (Å²) in [5.74, 6) is 0. The summed E-state index contributed by atoms with van der Waals surface area (Å²) in [5, 5.41) is 45.4. The molecule has 0 bridgehead atoms. The summed E-state index contributed by atoms with van der Waals surface area (Å²) in [6.07, 6.45) is 86.2. The molecule has 84 heavy (non-hydrogen) atoms. The molecular weight excluding hydrogens is 1030 g/mol. The van der Waals surface area contributed by atoms with Crippen molar-refractivity contribution in [3.05, 3.63) is 97.2 Å². The van der Waals surface area contributed by atoms with Crippen molar-refractivity contribution in [3.63, 3.8) is 0 Å². The van der Waals surface area contributed by atoms with Gasteiger partial charge in [-0.25, -0.2) is 0 Å². The molecule has 0 aliphatic rings. The van der Waals surface area contributed by atoms with Gasteiger partial charge >= 0.3 is 0 Å². The van der Waals surface area contributed by atoms with Gasteiger partial charge in [-0.1, -0.05) is 253 Å². The van der Waals surface area contributed by atoms with Crippen molar-refractivity contribution in [2.24, 2.45) is 0 Å². The highest BCUT2D eigenvalue weighted by atomic mass is 16.3. The van der Waals surface area contributed by atoms with E-state index in [0.29, 0.717) is 26.2 Å². The number of unbranched alkanes of at least 4 members (excludes halogenated alkanes) is 28. The smallest absolute Gasteiger partial charge is 0.0667 e. The molecule has 490 valence electrons. The summed E-state index contributed by atoms with van der Waals surface area (Å²) >= 11 is 0. The lowest BCUT2D eigenvalue weighted by atomic mass is 10.1. The topological polar surface area (TPSA) is 90.6 Å². The molecular formula is C77H143N3O4. The minimum atomic E-state index is -0.425. The van der Waals surface area contributed by atoms with Gasteiger partial charge in [0, 0.05) is 52.4 Å². The third-order valence-corrected chi connectivity index (χ3v) is 16.4. The summed E-state index contributed by atoms with van der Waals surface area (Å²) in [7, 11) is 2.17. The van der Waals surface area contributed by atoms with Gasteiger partial charge < -0.3 is 25.3 Å². The van der Waals surface area contributed by atoms with Gasteiger partial charge in [-0.15, -0.1) is 0 Å². The van der Waals surface area contributed by atoms with E-state index in [-0.39, 0.29) is 0 Å². The second kappa shape index (κ2) is 68.1. The molecule has 0 spiro atoms. The fourth-order valence-electron chi connectivity index (χ4n) is 10.9. The van der Waals surface area contributed by atoms with Crippen LogP contribution in [0.1, 0.15) is 310 Å². The maximum atomic E-state index is 11.4. The number of nitrogens with zero attached hydrogens (tertiary/aromatic N) is 3. The second-order valence-electron chi connectivity index (χ2n) is 25.1. The SMILES string of the molecule is CCCCCCC/C=C\C/C=C\CCCCC(O)CN(CCN(C)CCN(CC(O)CCCC/C=C\C/C=C\CCCCCCC)CC(O)CCCC/C=C\C/C=C\CCCCCCC)CC(O)CCCC/C=C\C/C=C\CCCCCCC. The molecule has 0 fully saturated rings. The fraction of sp³-hybridized carbons (Fsp3) is 0.792. The molecule has 0 aromatic heterocycles. The average molecular weight is 1180 g/mol. The van der Waals surface area contributed by atoms with E-state index >= 15 is 0 Å². The zero-order chi connectivity index (χ0) is 61.1. The zero-order valence-electron chi connectivity index (χ0n) is 56.4. The molecule has 0 rings (SSSR count). The molecule has 0 aliphatic carbocycles. The van der Waals surface area contributed by atoms with Crippen LogP contribution in [-0.4, -0.2) is 119 Å². The van der Waals surface area contributed by atoms with Gasteiger partial charge in [0.15, 0.2) is 0 Å². The molecule has 4 unspecified atom stereocenters. The van der Waals surface area contributed by atoms with Crippen LogP contribution in [0.3, 0.4) is 0 Å². The van der Waals surface area contributed by atoms with E-state index in [1.54, 1.807) is 0 Å². The maximum absolute atomic E-state index is 11.4. The quantitative estimate of drug-likeness (QED) is 0.0356. The Hall–Kier alpha value is -2.36. The van der Waals surface area contributed by atoms with Crippen molar-refractivity contribution in [3.8, 4) is 0 Å². The average Bonchev–Trinajstić information content (AvgIpc) is 3.48. The minimum absolute atomic E-state index is 0.425. The van der Waals surface area contributed by atoms with Gasteiger partial charge in [0.2, 0.25) is 0 Å². The predicted octanol–water partition coefficient (Wildman–Crippen LogP) is 20.7. The summed E-state index contributed by atoms with van der Waals surface area (Å²) < 4.78 is 0. The van der Waals surface area contributed by atoms with E-state index < -0.39 is 24.4 Å². The van der Waals surface area contributed by atoms with Crippen molar-refractivity contribution < 1.29 is 20.4 Å². The zero-order valence-corrected chi connectivity index (χ0v) is 56.4. The molecule has 7 nitrogen and oxygen atoms in total. The van der Waals surface area contributed by atoms with E-state index in [1.165, 1.54) is 154 Å². The molecule has 0 aromatic rings. The van der Waals surface area contributed by atoms with Crippen LogP contribution in [0, 0.1) is 0 Å². The molecule has 0 aliphatic heterocycles. The Morgan fingerprint density at radius 2 is 0.429 bits per heavy atom. The van der Waals surface area contributed by atoms with E-state index in [2.05, 4.69) is 147 Å². The Bertz CT molecular complexity index is 1340. The van der Waals surface area contributed by atoms with E-state index in [9.17, 15) is 20.4 Å². The molecule has 0 saturated carbocycles. The largest absolute Gasteiger partial charge is 0.392 e. The van der Waals surface area contributed by atoms with Crippen LogP contribution in [0.25, 0.3) is 0 Å². The Labute approximate surface area is 523 Å². The Kier molecular flexibility index (Phi) is 66.2. The third-order valence-electron chi connectivity index (χ3n) is 16.4. The van der Waals surface area contributed by atoms with Crippen molar-refractivity contribution in [2.45, 2.75) is 335 Å². The molecule has 4 atom stereocenters. The number of hydrogen-bond donors (Lipinski definition) is 4. The molecule has 7 heteroatoms. The molecule has 0 heterocycles. The number of aliphatic hydroxyl groups excluding tert-OH is 4. The molecule has 0 aromatic carbocycles. The standard InChI is InChI=1S/C77H143N3O4/c1-6-10-14-18-22-26-30-34-38-42-46-50-54-58-62-74(81)70-79(71-75(82)63-59-55-51-47-43-39-35-31-27-23-19-15-11-7-2)68-66-78(5)67-69-80(72-76(83)64-60-56-52-48-44-40-36-32-28-24-20-16-12-8-3)73-77(84)65-61-57-53-49-45-41-37-33-29-25-21-17-13-9-4/h30-37,42-49,74-77,81-84H,6-29,38-41,50-73H2,1-5H3/b34-30-,35-31-,36-32-,37-33-,46-42-,47-43-,48-44-,49-45-. The van der Waals surface area contributed by atoms with Crippen molar-refractivity contribution in [2.75, 3.05) is 59.4 Å². The first-order valence-corrected chi connectivity index (χ1v) is 36.3. The van der Waals surface area contributed by atoms with Gasteiger partial charge in [-0.05, 0) is 161 Å². The number of rotatable bonds is 66. The van der Waals surface area contributed by atoms with E-state index in [1.807, 2.05) is 0 Å². The number of aliphatic hydroxyl groups is 4. The first kappa shape index (κ1) is 81.6.